The monoisotopic (exact) mass is 278 g/mol. The number of hydrogen-bond donors (Lipinski definition) is 6. The van der Waals surface area contributed by atoms with E-state index in [0.717, 1.165) is 12.1 Å². The standard InChI is InChI=1S/C14H14O6/c15-9-1-7(2-10(16)5-9)13(19)14(20)8-3-11(17)6-12(18)4-8/h1-6,13-20H. The van der Waals surface area contributed by atoms with Gasteiger partial charge in [-0.3, -0.25) is 0 Å². The second-order valence-corrected chi connectivity index (χ2v) is 4.46. The number of phenolic OH excluding ortho intramolecular Hbond substituents is 4. The molecule has 0 aliphatic carbocycles. The summed E-state index contributed by atoms with van der Waals surface area (Å²) in [7, 11) is 0. The number of hydrogen-bond acceptors (Lipinski definition) is 6. The molecule has 20 heavy (non-hydrogen) atoms. The fraction of sp³-hybridized carbons (Fsp3) is 0.143. The van der Waals surface area contributed by atoms with Crippen LogP contribution in [0.5, 0.6) is 23.0 Å². The van der Waals surface area contributed by atoms with E-state index in [1.807, 2.05) is 0 Å². The molecule has 0 amide bonds. The zero-order valence-electron chi connectivity index (χ0n) is 10.3. The number of aliphatic hydroxyl groups is 2. The quantitative estimate of drug-likeness (QED) is 0.503. The minimum atomic E-state index is -1.45. The Bertz CT molecular complexity index is 529. The summed E-state index contributed by atoms with van der Waals surface area (Å²) < 4.78 is 0. The molecule has 6 heteroatoms. The average Bonchev–Trinajstić information content (AvgIpc) is 2.34. The van der Waals surface area contributed by atoms with Gasteiger partial charge < -0.3 is 30.6 Å². The highest BCUT2D eigenvalue weighted by atomic mass is 16.3. The minimum Gasteiger partial charge on any atom is -0.508 e. The van der Waals surface area contributed by atoms with Crippen LogP contribution in [0.4, 0.5) is 0 Å². The zero-order chi connectivity index (χ0) is 14.9. The van der Waals surface area contributed by atoms with Gasteiger partial charge in [-0.1, -0.05) is 0 Å². The second-order valence-electron chi connectivity index (χ2n) is 4.46. The van der Waals surface area contributed by atoms with Crippen LogP contribution in [0.2, 0.25) is 0 Å². The first-order valence-electron chi connectivity index (χ1n) is 5.79. The Kier molecular flexibility index (Phi) is 3.69. The van der Waals surface area contributed by atoms with E-state index < -0.39 is 12.2 Å². The molecule has 0 heterocycles. The second kappa shape index (κ2) is 5.28. The lowest BCUT2D eigenvalue weighted by Crippen LogP contribution is -2.10. The maximum absolute atomic E-state index is 10.0. The maximum Gasteiger partial charge on any atom is 0.119 e. The minimum absolute atomic E-state index is 0.0952. The van der Waals surface area contributed by atoms with Crippen molar-refractivity contribution in [3.8, 4) is 23.0 Å². The number of benzene rings is 2. The Morgan fingerprint density at radius 1 is 0.500 bits per heavy atom. The van der Waals surface area contributed by atoms with Crippen LogP contribution in [0, 0.1) is 0 Å². The van der Waals surface area contributed by atoms with Gasteiger partial charge in [0.1, 0.15) is 35.2 Å². The van der Waals surface area contributed by atoms with Gasteiger partial charge in [0.2, 0.25) is 0 Å². The summed E-state index contributed by atoms with van der Waals surface area (Å²) in [6, 6.07) is 6.94. The van der Waals surface area contributed by atoms with Crippen LogP contribution in [0.25, 0.3) is 0 Å². The van der Waals surface area contributed by atoms with Gasteiger partial charge in [-0.15, -0.1) is 0 Å². The zero-order valence-corrected chi connectivity index (χ0v) is 10.3. The first-order valence-corrected chi connectivity index (χ1v) is 5.79. The van der Waals surface area contributed by atoms with Crippen LogP contribution in [0.15, 0.2) is 36.4 Å². The summed E-state index contributed by atoms with van der Waals surface area (Å²) in [5, 5.41) is 57.5. The predicted octanol–water partition coefficient (Wildman–Crippen LogP) is 1.28. The van der Waals surface area contributed by atoms with E-state index in [1.165, 1.54) is 24.3 Å². The van der Waals surface area contributed by atoms with Gasteiger partial charge in [0.15, 0.2) is 0 Å². The molecule has 2 aromatic carbocycles. The highest BCUT2D eigenvalue weighted by molar-refractivity contribution is 5.41. The molecule has 6 nitrogen and oxygen atoms in total. The van der Waals surface area contributed by atoms with Crippen molar-refractivity contribution in [2.24, 2.45) is 0 Å². The Morgan fingerprint density at radius 3 is 1.00 bits per heavy atom. The lowest BCUT2D eigenvalue weighted by Gasteiger charge is -2.19. The fourth-order valence-corrected chi connectivity index (χ4v) is 1.94. The van der Waals surface area contributed by atoms with Crippen molar-refractivity contribution in [2.45, 2.75) is 12.2 Å². The molecule has 0 fully saturated rings. The van der Waals surface area contributed by atoms with E-state index in [0.29, 0.717) is 0 Å². The van der Waals surface area contributed by atoms with Gasteiger partial charge in [-0.05, 0) is 35.4 Å². The van der Waals surface area contributed by atoms with E-state index in [4.69, 9.17) is 0 Å². The summed E-state index contributed by atoms with van der Waals surface area (Å²) in [4.78, 5) is 0. The van der Waals surface area contributed by atoms with Crippen molar-refractivity contribution < 1.29 is 30.6 Å². The normalized spacial score (nSPS) is 13.9. The molecule has 0 aromatic heterocycles. The molecule has 0 aliphatic rings. The van der Waals surface area contributed by atoms with Gasteiger partial charge in [0, 0.05) is 12.1 Å². The predicted molar refractivity (Wildman–Crippen MR) is 69.5 cm³/mol. The van der Waals surface area contributed by atoms with E-state index in [9.17, 15) is 30.6 Å². The summed E-state index contributed by atoms with van der Waals surface area (Å²) in [5.41, 5.74) is 0.190. The highest BCUT2D eigenvalue weighted by Crippen LogP contribution is 2.35. The van der Waals surface area contributed by atoms with Crippen molar-refractivity contribution in [3.05, 3.63) is 47.5 Å². The molecular weight excluding hydrogens is 264 g/mol. The van der Waals surface area contributed by atoms with Gasteiger partial charge in [0.25, 0.3) is 0 Å². The molecule has 0 saturated carbocycles. The van der Waals surface area contributed by atoms with E-state index in [-0.39, 0.29) is 34.1 Å². The third-order valence-electron chi connectivity index (χ3n) is 2.83. The number of aliphatic hydroxyl groups excluding tert-OH is 2. The molecule has 2 atom stereocenters. The Hall–Kier alpha value is -2.44. The Balaban J connectivity index is 2.34. The maximum atomic E-state index is 10.0. The number of aromatic hydroxyl groups is 4. The highest BCUT2D eigenvalue weighted by Gasteiger charge is 2.22. The molecule has 2 aromatic rings. The van der Waals surface area contributed by atoms with Crippen LogP contribution in [0.1, 0.15) is 23.3 Å². The molecule has 0 aliphatic heterocycles. The summed E-state index contributed by atoms with van der Waals surface area (Å²) in [6.45, 7) is 0. The van der Waals surface area contributed by atoms with E-state index in [1.54, 1.807) is 0 Å². The SMILES string of the molecule is Oc1cc(O)cc(C(O)C(O)c2cc(O)cc(O)c2)c1. The molecule has 0 spiro atoms. The summed E-state index contributed by atoms with van der Waals surface area (Å²) in [5.74, 6) is -1.04. The first kappa shape index (κ1) is 14.0. The fourth-order valence-electron chi connectivity index (χ4n) is 1.94. The van der Waals surface area contributed by atoms with Gasteiger partial charge in [-0.25, -0.2) is 0 Å². The third kappa shape index (κ3) is 2.93. The lowest BCUT2D eigenvalue weighted by atomic mass is 9.97. The first-order chi connectivity index (χ1) is 9.36. The van der Waals surface area contributed by atoms with E-state index in [2.05, 4.69) is 0 Å². The third-order valence-corrected chi connectivity index (χ3v) is 2.83. The van der Waals surface area contributed by atoms with Crippen LogP contribution >= 0.6 is 0 Å². The van der Waals surface area contributed by atoms with Gasteiger partial charge in [0.05, 0.1) is 0 Å². The van der Waals surface area contributed by atoms with Gasteiger partial charge >= 0.3 is 0 Å². The summed E-state index contributed by atoms with van der Waals surface area (Å²) in [6.07, 6.45) is -2.90. The average molecular weight is 278 g/mol. The van der Waals surface area contributed by atoms with Crippen LogP contribution in [-0.2, 0) is 0 Å². The molecular formula is C14H14O6. The number of phenols is 4. The van der Waals surface area contributed by atoms with E-state index >= 15 is 0 Å². The van der Waals surface area contributed by atoms with Crippen molar-refractivity contribution in [3.63, 3.8) is 0 Å². The Labute approximate surface area is 114 Å². The topological polar surface area (TPSA) is 121 Å². The molecule has 106 valence electrons. The molecule has 0 radical (unpaired) electrons. The molecule has 2 unspecified atom stereocenters. The Morgan fingerprint density at radius 2 is 0.750 bits per heavy atom. The van der Waals surface area contributed by atoms with Gasteiger partial charge in [-0.2, -0.15) is 0 Å². The smallest absolute Gasteiger partial charge is 0.119 e. The van der Waals surface area contributed by atoms with Crippen molar-refractivity contribution >= 4 is 0 Å². The number of rotatable bonds is 3. The van der Waals surface area contributed by atoms with Crippen molar-refractivity contribution in [1.82, 2.24) is 0 Å². The molecule has 6 N–H and O–H groups in total. The summed E-state index contributed by atoms with van der Waals surface area (Å²) >= 11 is 0. The molecule has 0 saturated heterocycles. The van der Waals surface area contributed by atoms with Crippen molar-refractivity contribution in [2.75, 3.05) is 0 Å². The lowest BCUT2D eigenvalue weighted by molar-refractivity contribution is 0.0168. The molecule has 0 bridgehead atoms. The largest absolute Gasteiger partial charge is 0.508 e. The van der Waals surface area contributed by atoms with Crippen LogP contribution in [-0.4, -0.2) is 30.6 Å². The van der Waals surface area contributed by atoms with Crippen LogP contribution < -0.4 is 0 Å². The van der Waals surface area contributed by atoms with Crippen molar-refractivity contribution in [1.29, 1.82) is 0 Å². The molecule has 2 rings (SSSR count). The van der Waals surface area contributed by atoms with Crippen LogP contribution in [0.3, 0.4) is 0 Å².